The van der Waals surface area contributed by atoms with Crippen LogP contribution in [0.3, 0.4) is 0 Å². The Labute approximate surface area is 106 Å². The fourth-order valence-electron chi connectivity index (χ4n) is 1.45. The first-order chi connectivity index (χ1) is 8.43. The monoisotopic (exact) mass is 255 g/mol. The Morgan fingerprint density at radius 1 is 1.56 bits per heavy atom. The summed E-state index contributed by atoms with van der Waals surface area (Å²) in [5.74, 6) is -1.76. The van der Waals surface area contributed by atoms with Gasteiger partial charge in [-0.2, -0.15) is 0 Å². The van der Waals surface area contributed by atoms with E-state index in [0.717, 1.165) is 12.0 Å². The molecule has 3 N–H and O–H groups in total. The molecule has 0 aliphatic heterocycles. The molecule has 1 aromatic carbocycles. The zero-order valence-corrected chi connectivity index (χ0v) is 10.5. The van der Waals surface area contributed by atoms with Crippen molar-refractivity contribution >= 4 is 5.97 Å². The zero-order chi connectivity index (χ0) is 13.7. The molecule has 0 radical (unpaired) electrons. The number of carboxylic acids is 1. The minimum absolute atomic E-state index is 0.00545. The average Bonchev–Trinajstić information content (AvgIpc) is 2.32. The van der Waals surface area contributed by atoms with E-state index in [1.54, 1.807) is 6.07 Å². The smallest absolute Gasteiger partial charge is 0.344 e. The number of aliphatic carboxylic acids is 1. The average molecular weight is 255 g/mol. The quantitative estimate of drug-likeness (QED) is 0.815. The van der Waals surface area contributed by atoms with E-state index in [-0.39, 0.29) is 11.8 Å². The first-order valence-electron chi connectivity index (χ1n) is 5.87. The molecule has 0 spiro atoms. The first kappa shape index (κ1) is 14.4. The fourth-order valence-corrected chi connectivity index (χ4v) is 1.45. The van der Waals surface area contributed by atoms with Crippen LogP contribution in [0.5, 0.6) is 5.75 Å². The number of rotatable bonds is 6. The van der Waals surface area contributed by atoms with Gasteiger partial charge in [0.05, 0.1) is 0 Å². The van der Waals surface area contributed by atoms with Crippen LogP contribution >= 0.6 is 0 Å². The van der Waals surface area contributed by atoms with Gasteiger partial charge >= 0.3 is 5.97 Å². The highest BCUT2D eigenvalue weighted by atomic mass is 19.1. The van der Waals surface area contributed by atoms with E-state index in [0.29, 0.717) is 6.42 Å². The minimum Gasteiger partial charge on any atom is -0.479 e. The van der Waals surface area contributed by atoms with Crippen LogP contribution in [0, 0.1) is 5.82 Å². The van der Waals surface area contributed by atoms with Crippen molar-refractivity contribution in [2.75, 3.05) is 0 Å². The molecule has 0 aliphatic carbocycles. The minimum atomic E-state index is -1.13. The highest BCUT2D eigenvalue weighted by molar-refractivity contribution is 5.72. The Morgan fingerprint density at radius 2 is 2.22 bits per heavy atom. The Kier molecular flexibility index (Phi) is 5.09. The molecule has 0 saturated carbocycles. The molecule has 2 atom stereocenters. The van der Waals surface area contributed by atoms with E-state index in [9.17, 15) is 9.18 Å². The van der Waals surface area contributed by atoms with Crippen molar-refractivity contribution in [3.05, 3.63) is 29.6 Å². The Bertz CT molecular complexity index is 423. The van der Waals surface area contributed by atoms with Crippen molar-refractivity contribution < 1.29 is 19.0 Å². The lowest BCUT2D eigenvalue weighted by Gasteiger charge is -2.13. The molecular formula is C13H18FNO3. The number of benzene rings is 1. The molecule has 18 heavy (non-hydrogen) atoms. The summed E-state index contributed by atoms with van der Waals surface area (Å²) in [6.07, 6.45) is 0.321. The summed E-state index contributed by atoms with van der Waals surface area (Å²) in [5.41, 5.74) is 6.56. The van der Waals surface area contributed by atoms with Crippen LogP contribution in [0.1, 0.15) is 25.8 Å². The van der Waals surface area contributed by atoms with E-state index in [1.165, 1.54) is 19.1 Å². The third kappa shape index (κ3) is 4.00. The predicted molar refractivity (Wildman–Crippen MR) is 66.1 cm³/mol. The standard InChI is InChI=1S/C13H18FNO3/c1-3-10(15)6-9-4-5-12(11(14)7-9)18-8(2)13(16)17/h4-5,7-8,10H,3,6,15H2,1-2H3,(H,16,17). The Balaban J connectivity index is 2.76. The van der Waals surface area contributed by atoms with Gasteiger partial charge in [0.25, 0.3) is 0 Å². The summed E-state index contributed by atoms with van der Waals surface area (Å²) in [7, 11) is 0. The first-order valence-corrected chi connectivity index (χ1v) is 5.87. The number of carbonyl (C=O) groups is 1. The summed E-state index contributed by atoms with van der Waals surface area (Å²) in [6, 6.07) is 4.46. The summed E-state index contributed by atoms with van der Waals surface area (Å²) >= 11 is 0. The molecule has 0 aromatic heterocycles. The van der Waals surface area contributed by atoms with E-state index < -0.39 is 17.9 Å². The van der Waals surface area contributed by atoms with Crippen molar-refractivity contribution in [3.8, 4) is 5.75 Å². The summed E-state index contributed by atoms with van der Waals surface area (Å²) in [4.78, 5) is 10.6. The van der Waals surface area contributed by atoms with Crippen molar-refractivity contribution in [2.24, 2.45) is 5.73 Å². The summed E-state index contributed by atoms with van der Waals surface area (Å²) in [5, 5.41) is 8.68. The van der Waals surface area contributed by atoms with Crippen LogP contribution in [0.2, 0.25) is 0 Å². The normalized spacial score (nSPS) is 14.0. The second kappa shape index (κ2) is 6.35. The molecule has 100 valence electrons. The van der Waals surface area contributed by atoms with Gasteiger partial charge in [-0.05, 0) is 37.5 Å². The van der Waals surface area contributed by atoms with Gasteiger partial charge in [-0.3, -0.25) is 0 Å². The lowest BCUT2D eigenvalue weighted by Crippen LogP contribution is -2.23. The van der Waals surface area contributed by atoms with E-state index in [4.69, 9.17) is 15.6 Å². The van der Waals surface area contributed by atoms with Gasteiger partial charge in [-0.1, -0.05) is 13.0 Å². The third-order valence-electron chi connectivity index (χ3n) is 2.67. The highest BCUT2D eigenvalue weighted by Crippen LogP contribution is 2.20. The van der Waals surface area contributed by atoms with Crippen LogP contribution in [-0.2, 0) is 11.2 Å². The van der Waals surface area contributed by atoms with Crippen LogP contribution in [-0.4, -0.2) is 23.2 Å². The van der Waals surface area contributed by atoms with Gasteiger partial charge in [0, 0.05) is 6.04 Å². The molecular weight excluding hydrogens is 237 g/mol. The summed E-state index contributed by atoms with van der Waals surface area (Å²) in [6.45, 7) is 3.32. The lowest BCUT2D eigenvalue weighted by atomic mass is 10.0. The molecule has 0 aliphatic rings. The zero-order valence-electron chi connectivity index (χ0n) is 10.5. The molecule has 1 rings (SSSR count). The van der Waals surface area contributed by atoms with Gasteiger partial charge in [-0.15, -0.1) is 0 Å². The van der Waals surface area contributed by atoms with Crippen molar-refractivity contribution in [1.82, 2.24) is 0 Å². The van der Waals surface area contributed by atoms with E-state index in [1.807, 2.05) is 6.92 Å². The van der Waals surface area contributed by atoms with Crippen molar-refractivity contribution in [1.29, 1.82) is 0 Å². The molecule has 4 nitrogen and oxygen atoms in total. The Morgan fingerprint density at radius 3 is 2.72 bits per heavy atom. The molecule has 0 heterocycles. The molecule has 0 saturated heterocycles. The van der Waals surface area contributed by atoms with Gasteiger partial charge in [0.2, 0.25) is 0 Å². The van der Waals surface area contributed by atoms with Crippen molar-refractivity contribution in [3.63, 3.8) is 0 Å². The number of ether oxygens (including phenoxy) is 1. The SMILES string of the molecule is CCC(N)Cc1ccc(OC(C)C(=O)O)c(F)c1. The predicted octanol–water partition coefficient (Wildman–Crippen LogP) is 1.96. The van der Waals surface area contributed by atoms with E-state index >= 15 is 0 Å². The number of hydrogen-bond donors (Lipinski definition) is 2. The van der Waals surface area contributed by atoms with Crippen LogP contribution in [0.4, 0.5) is 4.39 Å². The van der Waals surface area contributed by atoms with Gasteiger partial charge in [0.1, 0.15) is 0 Å². The number of carboxylic acid groups (broad SMARTS) is 1. The highest BCUT2D eigenvalue weighted by Gasteiger charge is 2.15. The topological polar surface area (TPSA) is 72.5 Å². The second-order valence-electron chi connectivity index (χ2n) is 4.24. The molecule has 0 bridgehead atoms. The van der Waals surface area contributed by atoms with Gasteiger partial charge in [0.15, 0.2) is 17.7 Å². The van der Waals surface area contributed by atoms with Crippen LogP contribution < -0.4 is 10.5 Å². The second-order valence-corrected chi connectivity index (χ2v) is 4.24. The van der Waals surface area contributed by atoms with E-state index in [2.05, 4.69) is 0 Å². The largest absolute Gasteiger partial charge is 0.479 e. The molecule has 0 fully saturated rings. The molecule has 0 amide bonds. The Hall–Kier alpha value is -1.62. The molecule has 2 unspecified atom stereocenters. The molecule has 1 aromatic rings. The van der Waals surface area contributed by atoms with Gasteiger partial charge < -0.3 is 15.6 Å². The lowest BCUT2D eigenvalue weighted by molar-refractivity contribution is -0.144. The number of hydrogen-bond acceptors (Lipinski definition) is 3. The maximum Gasteiger partial charge on any atom is 0.344 e. The van der Waals surface area contributed by atoms with Gasteiger partial charge in [-0.25, -0.2) is 9.18 Å². The summed E-state index contributed by atoms with van der Waals surface area (Å²) < 4.78 is 18.7. The third-order valence-corrected chi connectivity index (χ3v) is 2.67. The van der Waals surface area contributed by atoms with Crippen molar-refractivity contribution in [2.45, 2.75) is 38.8 Å². The maximum absolute atomic E-state index is 13.7. The van der Waals surface area contributed by atoms with Crippen LogP contribution in [0.25, 0.3) is 0 Å². The number of nitrogens with two attached hydrogens (primary N) is 1. The molecule has 5 heteroatoms. The fraction of sp³-hybridized carbons (Fsp3) is 0.462. The maximum atomic E-state index is 13.7. The van der Waals surface area contributed by atoms with Crippen LogP contribution in [0.15, 0.2) is 18.2 Å². The number of halogens is 1.